The summed E-state index contributed by atoms with van der Waals surface area (Å²) in [5, 5.41) is 3.05. The maximum Gasteiger partial charge on any atom is 0.252 e. The molecule has 0 aromatic carbocycles. The summed E-state index contributed by atoms with van der Waals surface area (Å²) >= 11 is 1.21. The van der Waals surface area contributed by atoms with Crippen LogP contribution in [0.15, 0.2) is 16.3 Å². The number of amides is 1. The van der Waals surface area contributed by atoms with Crippen molar-refractivity contribution in [1.29, 1.82) is 0 Å². The second-order valence-corrected chi connectivity index (χ2v) is 10.4. The van der Waals surface area contributed by atoms with Crippen LogP contribution in [0.25, 0.3) is 0 Å². The third-order valence-electron chi connectivity index (χ3n) is 5.02. The summed E-state index contributed by atoms with van der Waals surface area (Å²) in [6, 6.07) is 3.85. The Bertz CT molecular complexity index is 694. The molecule has 9 heteroatoms. The van der Waals surface area contributed by atoms with E-state index in [1.54, 1.807) is 16.4 Å². The van der Waals surface area contributed by atoms with Gasteiger partial charge in [0.05, 0.1) is 6.42 Å². The normalized spacial score (nSPS) is 24.7. The average Bonchev–Trinajstić information content (AvgIpc) is 3.07. The monoisotopic (exact) mass is 421 g/mol. The van der Waals surface area contributed by atoms with Crippen LogP contribution in [-0.2, 0) is 21.2 Å². The van der Waals surface area contributed by atoms with Crippen molar-refractivity contribution < 1.29 is 13.2 Å². The van der Waals surface area contributed by atoms with Crippen molar-refractivity contribution in [1.82, 2.24) is 9.62 Å². The molecular weight excluding hydrogens is 394 g/mol. The van der Waals surface area contributed by atoms with Crippen LogP contribution in [0.2, 0.25) is 0 Å². The number of rotatable bonds is 5. The molecule has 148 valence electrons. The highest BCUT2D eigenvalue weighted by Crippen LogP contribution is 2.27. The van der Waals surface area contributed by atoms with Gasteiger partial charge >= 0.3 is 0 Å². The quantitative estimate of drug-likeness (QED) is 0.762. The molecule has 1 aliphatic heterocycles. The van der Waals surface area contributed by atoms with E-state index in [1.807, 2.05) is 0 Å². The van der Waals surface area contributed by atoms with Gasteiger partial charge in [0.1, 0.15) is 4.21 Å². The molecule has 1 saturated carbocycles. The van der Waals surface area contributed by atoms with E-state index in [0.29, 0.717) is 17.3 Å². The third-order valence-corrected chi connectivity index (χ3v) is 8.47. The smallest absolute Gasteiger partial charge is 0.252 e. The minimum Gasteiger partial charge on any atom is -0.353 e. The van der Waals surface area contributed by atoms with Crippen LogP contribution in [0.4, 0.5) is 0 Å². The van der Waals surface area contributed by atoms with Crippen LogP contribution in [0.5, 0.6) is 0 Å². The molecule has 1 aliphatic carbocycles. The summed E-state index contributed by atoms with van der Waals surface area (Å²) in [4.78, 5) is 13.0. The SMILES string of the molecule is Cl.NC1CCC(NC(=O)Cc2ccc(S(=O)(=O)N3CCCCC3)s2)CC1. The van der Waals surface area contributed by atoms with Crippen LogP contribution in [-0.4, -0.2) is 43.8 Å². The molecule has 6 nitrogen and oxygen atoms in total. The zero-order chi connectivity index (χ0) is 17.9. The van der Waals surface area contributed by atoms with Crippen LogP contribution in [0.3, 0.4) is 0 Å². The molecule has 0 atom stereocenters. The van der Waals surface area contributed by atoms with E-state index in [1.165, 1.54) is 11.3 Å². The van der Waals surface area contributed by atoms with Crippen LogP contribution in [0, 0.1) is 0 Å². The first-order chi connectivity index (χ1) is 11.9. The molecule has 2 fully saturated rings. The molecule has 2 heterocycles. The van der Waals surface area contributed by atoms with Crippen molar-refractivity contribution in [3.63, 3.8) is 0 Å². The summed E-state index contributed by atoms with van der Waals surface area (Å²) in [6.07, 6.45) is 6.91. The first-order valence-corrected chi connectivity index (χ1v) is 11.3. The summed E-state index contributed by atoms with van der Waals surface area (Å²) in [5.74, 6) is -0.0377. The minimum absolute atomic E-state index is 0. The van der Waals surface area contributed by atoms with E-state index in [9.17, 15) is 13.2 Å². The van der Waals surface area contributed by atoms with Crippen molar-refractivity contribution in [2.75, 3.05) is 13.1 Å². The minimum atomic E-state index is -3.40. The molecule has 0 spiro atoms. The fourth-order valence-electron chi connectivity index (χ4n) is 3.52. The van der Waals surface area contributed by atoms with Gasteiger partial charge in [-0.25, -0.2) is 8.42 Å². The Kier molecular flexibility index (Phi) is 7.90. The van der Waals surface area contributed by atoms with Gasteiger partial charge in [0.25, 0.3) is 10.0 Å². The van der Waals surface area contributed by atoms with Crippen molar-refractivity contribution >= 4 is 39.7 Å². The van der Waals surface area contributed by atoms with Crippen LogP contribution >= 0.6 is 23.7 Å². The lowest BCUT2D eigenvalue weighted by Crippen LogP contribution is -2.41. The molecule has 26 heavy (non-hydrogen) atoms. The van der Waals surface area contributed by atoms with Gasteiger partial charge in [0.15, 0.2) is 0 Å². The second-order valence-electron chi connectivity index (χ2n) is 7.04. The number of piperidine rings is 1. The van der Waals surface area contributed by atoms with Gasteiger partial charge in [-0.3, -0.25) is 4.79 Å². The molecular formula is C17H28ClN3O3S2. The molecule has 2 aliphatic rings. The Hall–Kier alpha value is -0.670. The summed E-state index contributed by atoms with van der Waals surface area (Å²) in [6.45, 7) is 1.19. The Labute approximate surface area is 166 Å². The Balaban J connectivity index is 0.00000243. The zero-order valence-electron chi connectivity index (χ0n) is 14.9. The third kappa shape index (κ3) is 5.42. The van der Waals surface area contributed by atoms with E-state index < -0.39 is 10.0 Å². The first kappa shape index (κ1) is 21.6. The molecule has 0 unspecified atom stereocenters. The lowest BCUT2D eigenvalue weighted by atomic mass is 9.92. The van der Waals surface area contributed by atoms with E-state index in [4.69, 9.17) is 5.73 Å². The van der Waals surface area contributed by atoms with Gasteiger partial charge in [-0.2, -0.15) is 4.31 Å². The number of carbonyl (C=O) groups excluding carboxylic acids is 1. The van der Waals surface area contributed by atoms with Crippen molar-refractivity contribution in [3.8, 4) is 0 Å². The lowest BCUT2D eigenvalue weighted by Gasteiger charge is -2.26. The molecule has 3 rings (SSSR count). The summed E-state index contributed by atoms with van der Waals surface area (Å²) in [7, 11) is -3.40. The van der Waals surface area contributed by atoms with Gasteiger partial charge in [0, 0.05) is 30.1 Å². The molecule has 1 amide bonds. The van der Waals surface area contributed by atoms with E-state index in [0.717, 1.165) is 49.8 Å². The number of nitrogens with two attached hydrogens (primary N) is 1. The van der Waals surface area contributed by atoms with Crippen molar-refractivity contribution in [3.05, 3.63) is 17.0 Å². The number of carbonyl (C=O) groups is 1. The number of halogens is 1. The maximum atomic E-state index is 12.7. The highest BCUT2D eigenvalue weighted by molar-refractivity contribution is 7.91. The standard InChI is InChI=1S/C17H27N3O3S2.ClH/c18-13-4-6-14(7-5-13)19-16(21)12-15-8-9-17(24-15)25(22,23)20-10-2-1-3-11-20;/h8-9,13-14H,1-7,10-12,18H2,(H,19,21);1H. The second kappa shape index (κ2) is 9.50. The fourth-order valence-corrected chi connectivity index (χ4v) is 6.55. The maximum absolute atomic E-state index is 12.7. The van der Waals surface area contributed by atoms with Crippen molar-refractivity contribution in [2.45, 2.75) is 67.7 Å². The number of nitrogens with one attached hydrogen (secondary N) is 1. The summed E-state index contributed by atoms with van der Waals surface area (Å²) in [5.41, 5.74) is 5.88. The molecule has 3 N–H and O–H groups in total. The predicted molar refractivity (Wildman–Crippen MR) is 106 cm³/mol. The molecule has 1 saturated heterocycles. The predicted octanol–water partition coefficient (Wildman–Crippen LogP) is 2.27. The number of thiophene rings is 1. The van der Waals surface area contributed by atoms with Gasteiger partial charge in [-0.05, 0) is 50.7 Å². The number of sulfonamides is 1. The average molecular weight is 422 g/mol. The Morgan fingerprint density at radius 3 is 2.46 bits per heavy atom. The molecule has 1 aromatic heterocycles. The highest BCUT2D eigenvalue weighted by atomic mass is 35.5. The van der Waals surface area contributed by atoms with E-state index >= 15 is 0 Å². The largest absolute Gasteiger partial charge is 0.353 e. The number of hydrogen-bond donors (Lipinski definition) is 2. The van der Waals surface area contributed by atoms with Gasteiger partial charge in [-0.1, -0.05) is 6.42 Å². The Morgan fingerprint density at radius 1 is 1.15 bits per heavy atom. The first-order valence-electron chi connectivity index (χ1n) is 9.09. The molecule has 0 radical (unpaired) electrons. The summed E-state index contributed by atoms with van der Waals surface area (Å²) < 4.78 is 27.2. The lowest BCUT2D eigenvalue weighted by molar-refractivity contribution is -0.121. The Morgan fingerprint density at radius 2 is 1.81 bits per heavy atom. The highest BCUT2D eigenvalue weighted by Gasteiger charge is 2.27. The zero-order valence-corrected chi connectivity index (χ0v) is 17.3. The van der Waals surface area contributed by atoms with Gasteiger partial charge < -0.3 is 11.1 Å². The number of nitrogens with zero attached hydrogens (tertiary/aromatic N) is 1. The van der Waals surface area contributed by atoms with Gasteiger partial charge in [0.2, 0.25) is 5.91 Å². The van der Waals surface area contributed by atoms with Crippen molar-refractivity contribution in [2.24, 2.45) is 5.73 Å². The van der Waals surface area contributed by atoms with Crippen LogP contribution in [0.1, 0.15) is 49.8 Å². The number of hydrogen-bond acceptors (Lipinski definition) is 5. The molecule has 0 bridgehead atoms. The molecule has 1 aromatic rings. The van der Waals surface area contributed by atoms with E-state index in [2.05, 4.69) is 5.32 Å². The topological polar surface area (TPSA) is 92.5 Å². The fraction of sp³-hybridized carbons (Fsp3) is 0.706. The van der Waals surface area contributed by atoms with E-state index in [-0.39, 0.29) is 36.8 Å². The van der Waals surface area contributed by atoms with Gasteiger partial charge in [-0.15, -0.1) is 23.7 Å². The van der Waals surface area contributed by atoms with Crippen LogP contribution < -0.4 is 11.1 Å².